The average Bonchev–Trinajstić information content (AvgIpc) is 2.41. The molecule has 0 atom stereocenters. The van der Waals surface area contributed by atoms with Gasteiger partial charge in [0.1, 0.15) is 5.75 Å². The molecule has 4 heteroatoms. The van der Waals surface area contributed by atoms with Crippen molar-refractivity contribution in [2.75, 3.05) is 11.9 Å². The third-order valence-corrected chi connectivity index (χ3v) is 2.81. The van der Waals surface area contributed by atoms with Crippen LogP contribution in [-0.4, -0.2) is 22.6 Å². The Hall–Kier alpha value is -2.10. The monoisotopic (exact) mass is 271 g/mol. The van der Waals surface area contributed by atoms with Gasteiger partial charge in [0.2, 0.25) is 5.95 Å². The van der Waals surface area contributed by atoms with Gasteiger partial charge in [-0.2, -0.15) is 0 Å². The highest BCUT2D eigenvalue weighted by molar-refractivity contribution is 5.70. The predicted octanol–water partition coefficient (Wildman–Crippen LogP) is 3.67. The summed E-state index contributed by atoms with van der Waals surface area (Å²) in [6.45, 7) is 8.88. The summed E-state index contributed by atoms with van der Waals surface area (Å²) in [4.78, 5) is 8.88. The molecule has 0 amide bonds. The molecular weight excluding hydrogens is 250 g/mol. The fourth-order valence-electron chi connectivity index (χ4n) is 1.98. The Morgan fingerprint density at radius 3 is 2.70 bits per heavy atom. The first-order valence-electron chi connectivity index (χ1n) is 6.95. The summed E-state index contributed by atoms with van der Waals surface area (Å²) in [7, 11) is 0. The van der Waals surface area contributed by atoms with Crippen molar-refractivity contribution in [3.8, 4) is 17.0 Å². The molecule has 0 radical (unpaired) electrons. The second kappa shape index (κ2) is 6.37. The molecule has 0 aliphatic carbocycles. The molecule has 0 bridgehead atoms. The Labute approximate surface area is 120 Å². The fourth-order valence-corrected chi connectivity index (χ4v) is 1.98. The van der Waals surface area contributed by atoms with E-state index >= 15 is 0 Å². The number of anilines is 1. The van der Waals surface area contributed by atoms with Crippen molar-refractivity contribution in [3.05, 3.63) is 36.0 Å². The minimum Gasteiger partial charge on any atom is -0.490 e. The highest BCUT2D eigenvalue weighted by atomic mass is 16.5. The minimum absolute atomic E-state index is 0.131. The molecule has 20 heavy (non-hydrogen) atoms. The second-order valence-electron chi connectivity index (χ2n) is 4.92. The van der Waals surface area contributed by atoms with E-state index < -0.39 is 0 Å². The molecule has 1 aromatic carbocycles. The van der Waals surface area contributed by atoms with Gasteiger partial charge in [-0.1, -0.05) is 12.1 Å². The van der Waals surface area contributed by atoms with Crippen molar-refractivity contribution in [2.45, 2.75) is 33.8 Å². The quantitative estimate of drug-likeness (QED) is 0.901. The number of nitrogens with one attached hydrogen (secondary N) is 1. The van der Waals surface area contributed by atoms with Crippen LogP contribution >= 0.6 is 0 Å². The number of rotatable bonds is 5. The van der Waals surface area contributed by atoms with Crippen molar-refractivity contribution in [3.63, 3.8) is 0 Å². The summed E-state index contributed by atoms with van der Waals surface area (Å²) in [6.07, 6.45) is 1.97. The maximum atomic E-state index is 5.87. The van der Waals surface area contributed by atoms with E-state index in [2.05, 4.69) is 15.3 Å². The third kappa shape index (κ3) is 3.26. The minimum atomic E-state index is 0.131. The van der Waals surface area contributed by atoms with Crippen LogP contribution in [0.2, 0.25) is 0 Å². The Kier molecular flexibility index (Phi) is 4.56. The fraction of sp³-hybridized carbons (Fsp3) is 0.375. The van der Waals surface area contributed by atoms with Gasteiger partial charge in [0, 0.05) is 18.3 Å². The van der Waals surface area contributed by atoms with Gasteiger partial charge in [-0.05, 0) is 45.4 Å². The van der Waals surface area contributed by atoms with Crippen molar-refractivity contribution in [1.82, 2.24) is 9.97 Å². The van der Waals surface area contributed by atoms with Crippen LogP contribution in [0.25, 0.3) is 11.3 Å². The van der Waals surface area contributed by atoms with E-state index in [0.29, 0.717) is 5.95 Å². The zero-order chi connectivity index (χ0) is 14.5. The van der Waals surface area contributed by atoms with Crippen LogP contribution in [0.3, 0.4) is 0 Å². The molecule has 0 saturated heterocycles. The maximum absolute atomic E-state index is 5.87. The van der Waals surface area contributed by atoms with Crippen LogP contribution in [0.15, 0.2) is 30.5 Å². The van der Waals surface area contributed by atoms with Gasteiger partial charge in [-0.3, -0.25) is 0 Å². The molecular formula is C16H21N3O. The van der Waals surface area contributed by atoms with Gasteiger partial charge in [-0.25, -0.2) is 9.97 Å². The maximum Gasteiger partial charge on any atom is 0.223 e. The van der Waals surface area contributed by atoms with Crippen molar-refractivity contribution in [2.24, 2.45) is 0 Å². The van der Waals surface area contributed by atoms with E-state index in [-0.39, 0.29) is 6.10 Å². The van der Waals surface area contributed by atoms with Gasteiger partial charge >= 0.3 is 0 Å². The van der Waals surface area contributed by atoms with Crippen LogP contribution in [-0.2, 0) is 0 Å². The molecule has 106 valence electrons. The Bertz CT molecular complexity index is 582. The SMILES string of the molecule is CCNc1ncc(C)c(-c2ccccc2OC(C)C)n1. The zero-order valence-corrected chi connectivity index (χ0v) is 12.5. The highest BCUT2D eigenvalue weighted by Crippen LogP contribution is 2.31. The molecule has 1 heterocycles. The van der Waals surface area contributed by atoms with Gasteiger partial charge in [0.05, 0.1) is 11.8 Å². The largest absolute Gasteiger partial charge is 0.490 e. The zero-order valence-electron chi connectivity index (χ0n) is 12.5. The average molecular weight is 271 g/mol. The van der Waals surface area contributed by atoms with Crippen LogP contribution in [0.1, 0.15) is 26.3 Å². The number of aryl methyl sites for hydroxylation is 1. The lowest BCUT2D eigenvalue weighted by Gasteiger charge is -2.15. The number of hydrogen-bond acceptors (Lipinski definition) is 4. The predicted molar refractivity (Wildman–Crippen MR) is 82.1 cm³/mol. The lowest BCUT2D eigenvalue weighted by atomic mass is 10.1. The lowest BCUT2D eigenvalue weighted by Crippen LogP contribution is -2.08. The number of hydrogen-bond donors (Lipinski definition) is 1. The summed E-state index contributed by atoms with van der Waals surface area (Å²) < 4.78 is 5.87. The molecule has 0 aliphatic heterocycles. The van der Waals surface area contributed by atoms with Crippen molar-refractivity contribution in [1.29, 1.82) is 0 Å². The first-order chi connectivity index (χ1) is 9.61. The summed E-state index contributed by atoms with van der Waals surface area (Å²) in [5.74, 6) is 1.50. The van der Waals surface area contributed by atoms with E-state index in [1.54, 1.807) is 0 Å². The summed E-state index contributed by atoms with van der Waals surface area (Å²) in [5.41, 5.74) is 2.94. The highest BCUT2D eigenvalue weighted by Gasteiger charge is 2.12. The molecule has 0 unspecified atom stereocenters. The van der Waals surface area contributed by atoms with Gasteiger partial charge in [-0.15, -0.1) is 0 Å². The summed E-state index contributed by atoms with van der Waals surface area (Å²) in [5, 5.41) is 3.14. The number of benzene rings is 1. The van der Waals surface area contributed by atoms with Gasteiger partial charge < -0.3 is 10.1 Å². The molecule has 1 aromatic heterocycles. The van der Waals surface area contributed by atoms with Crippen LogP contribution in [0, 0.1) is 6.92 Å². The van der Waals surface area contributed by atoms with E-state index in [0.717, 1.165) is 29.1 Å². The summed E-state index contributed by atoms with van der Waals surface area (Å²) >= 11 is 0. The van der Waals surface area contributed by atoms with E-state index in [4.69, 9.17) is 4.74 Å². The summed E-state index contributed by atoms with van der Waals surface area (Å²) in [6, 6.07) is 7.98. The van der Waals surface area contributed by atoms with E-state index in [9.17, 15) is 0 Å². The number of aromatic nitrogens is 2. The Morgan fingerprint density at radius 1 is 1.25 bits per heavy atom. The first-order valence-corrected chi connectivity index (χ1v) is 6.95. The Morgan fingerprint density at radius 2 is 2.00 bits per heavy atom. The molecule has 4 nitrogen and oxygen atoms in total. The first kappa shape index (κ1) is 14.3. The standard InChI is InChI=1S/C16H21N3O/c1-5-17-16-18-10-12(4)15(19-16)13-8-6-7-9-14(13)20-11(2)3/h6-11H,5H2,1-4H3,(H,17,18,19). The number of nitrogens with zero attached hydrogens (tertiary/aromatic N) is 2. The van der Waals surface area contributed by atoms with Crippen LogP contribution in [0.5, 0.6) is 5.75 Å². The third-order valence-electron chi connectivity index (χ3n) is 2.81. The molecule has 0 fully saturated rings. The molecule has 0 spiro atoms. The molecule has 0 aliphatic rings. The number of para-hydroxylation sites is 1. The van der Waals surface area contributed by atoms with E-state index in [1.807, 2.05) is 58.2 Å². The van der Waals surface area contributed by atoms with Crippen LogP contribution < -0.4 is 10.1 Å². The molecule has 2 aromatic rings. The lowest BCUT2D eigenvalue weighted by molar-refractivity contribution is 0.243. The molecule has 0 saturated carbocycles. The van der Waals surface area contributed by atoms with Crippen LogP contribution in [0.4, 0.5) is 5.95 Å². The second-order valence-corrected chi connectivity index (χ2v) is 4.92. The smallest absolute Gasteiger partial charge is 0.223 e. The molecule has 1 N–H and O–H groups in total. The van der Waals surface area contributed by atoms with Gasteiger partial charge in [0.25, 0.3) is 0 Å². The van der Waals surface area contributed by atoms with Crippen molar-refractivity contribution >= 4 is 5.95 Å². The molecule has 2 rings (SSSR count). The Balaban J connectivity index is 2.47. The van der Waals surface area contributed by atoms with Crippen molar-refractivity contribution < 1.29 is 4.74 Å². The normalized spacial score (nSPS) is 10.7. The topological polar surface area (TPSA) is 47.0 Å². The van der Waals surface area contributed by atoms with Gasteiger partial charge in [0.15, 0.2) is 0 Å². The van der Waals surface area contributed by atoms with E-state index in [1.165, 1.54) is 0 Å². The number of ether oxygens (including phenoxy) is 1.